The van der Waals surface area contributed by atoms with E-state index in [1.807, 2.05) is 0 Å². The summed E-state index contributed by atoms with van der Waals surface area (Å²) in [5.41, 5.74) is 1.14. The van der Waals surface area contributed by atoms with E-state index in [2.05, 4.69) is 10.9 Å². The van der Waals surface area contributed by atoms with Crippen LogP contribution in [-0.2, 0) is 6.54 Å². The molecule has 5 nitrogen and oxygen atoms in total. The summed E-state index contributed by atoms with van der Waals surface area (Å²) in [6.07, 6.45) is 5.19. The van der Waals surface area contributed by atoms with Crippen LogP contribution in [0, 0.1) is 22.5 Å². The summed E-state index contributed by atoms with van der Waals surface area (Å²) in [6.45, 7) is 0.233. The minimum atomic E-state index is -0.472. The topological polar surface area (TPSA) is 61.0 Å². The number of nitrogens with zero attached hydrogens (tertiary/aromatic N) is 3. The summed E-state index contributed by atoms with van der Waals surface area (Å²) in [6, 6.07) is 4.34. The third-order valence-electron chi connectivity index (χ3n) is 2.15. The molecule has 1 aromatic heterocycles. The number of hydrogen-bond acceptors (Lipinski definition) is 3. The molecule has 0 amide bonds. The fourth-order valence-electron chi connectivity index (χ4n) is 1.44. The Morgan fingerprint density at radius 2 is 2.38 bits per heavy atom. The van der Waals surface area contributed by atoms with E-state index in [1.165, 1.54) is 12.1 Å². The molecule has 1 heterocycles. The number of nitro groups is 1. The second-order valence-corrected chi connectivity index (χ2v) is 3.44. The highest BCUT2D eigenvalue weighted by Gasteiger charge is 2.12. The van der Waals surface area contributed by atoms with Gasteiger partial charge >= 0.3 is 0 Å². The monoisotopic (exact) mass is 235 g/mol. The number of non-ortho nitro benzene ring substituents is 1. The molecule has 0 aliphatic rings. The van der Waals surface area contributed by atoms with Crippen LogP contribution in [0.15, 0.2) is 18.2 Å². The van der Waals surface area contributed by atoms with Gasteiger partial charge in [-0.15, -0.1) is 6.42 Å². The Labute approximate surface area is 95.8 Å². The van der Waals surface area contributed by atoms with Crippen LogP contribution in [0.2, 0.25) is 5.28 Å². The first kappa shape index (κ1) is 10.5. The quantitative estimate of drug-likeness (QED) is 0.456. The van der Waals surface area contributed by atoms with E-state index in [4.69, 9.17) is 18.0 Å². The van der Waals surface area contributed by atoms with Crippen LogP contribution in [-0.4, -0.2) is 14.5 Å². The standard InChI is InChI=1S/C10H6ClN3O2/c1-2-5-13-9-6-7(14(15)16)3-4-8(9)12-10(13)11/h1,3-4,6H,5H2. The van der Waals surface area contributed by atoms with Crippen molar-refractivity contribution in [2.75, 3.05) is 0 Å². The predicted octanol–water partition coefficient (Wildman–Crippen LogP) is 2.23. The van der Waals surface area contributed by atoms with Crippen molar-refractivity contribution in [1.82, 2.24) is 9.55 Å². The number of fused-ring (bicyclic) bond motifs is 1. The molecule has 1 aromatic carbocycles. The third kappa shape index (κ3) is 1.59. The molecule has 0 bridgehead atoms. The van der Waals surface area contributed by atoms with Gasteiger partial charge in [-0.05, 0) is 17.7 Å². The zero-order valence-corrected chi connectivity index (χ0v) is 8.81. The molecule has 0 atom stereocenters. The van der Waals surface area contributed by atoms with Gasteiger partial charge in [-0.1, -0.05) is 5.92 Å². The van der Waals surface area contributed by atoms with Crippen molar-refractivity contribution in [2.24, 2.45) is 0 Å². The predicted molar refractivity (Wildman–Crippen MR) is 60.2 cm³/mol. The van der Waals surface area contributed by atoms with Crippen molar-refractivity contribution in [3.05, 3.63) is 33.6 Å². The number of aromatic nitrogens is 2. The normalized spacial score (nSPS) is 10.2. The van der Waals surface area contributed by atoms with Crippen LogP contribution >= 0.6 is 11.6 Å². The van der Waals surface area contributed by atoms with Gasteiger partial charge in [-0.2, -0.15) is 0 Å². The number of rotatable bonds is 2. The Kier molecular flexibility index (Phi) is 2.50. The number of imidazole rings is 1. The van der Waals surface area contributed by atoms with E-state index >= 15 is 0 Å². The lowest BCUT2D eigenvalue weighted by atomic mass is 10.3. The maximum absolute atomic E-state index is 10.6. The molecule has 0 spiro atoms. The molecule has 0 fully saturated rings. The zero-order chi connectivity index (χ0) is 11.7. The van der Waals surface area contributed by atoms with Gasteiger partial charge in [0, 0.05) is 12.1 Å². The molecule has 0 aliphatic heterocycles. The maximum Gasteiger partial charge on any atom is 0.271 e. The summed E-state index contributed by atoms with van der Waals surface area (Å²) in [7, 11) is 0. The summed E-state index contributed by atoms with van der Waals surface area (Å²) in [5, 5.41) is 10.9. The summed E-state index contributed by atoms with van der Waals surface area (Å²) in [4.78, 5) is 14.2. The molecule has 0 radical (unpaired) electrons. The van der Waals surface area contributed by atoms with E-state index < -0.39 is 4.92 Å². The highest BCUT2D eigenvalue weighted by Crippen LogP contribution is 2.23. The van der Waals surface area contributed by atoms with Crippen molar-refractivity contribution < 1.29 is 4.92 Å². The Balaban J connectivity index is 2.70. The average Bonchev–Trinajstić information content (AvgIpc) is 2.55. The zero-order valence-electron chi connectivity index (χ0n) is 8.05. The average molecular weight is 236 g/mol. The fourth-order valence-corrected chi connectivity index (χ4v) is 1.68. The smallest absolute Gasteiger partial charge is 0.271 e. The Morgan fingerprint density at radius 3 is 3.00 bits per heavy atom. The number of benzene rings is 1. The van der Waals surface area contributed by atoms with Gasteiger partial charge in [-0.3, -0.25) is 10.1 Å². The first-order valence-electron chi connectivity index (χ1n) is 4.37. The van der Waals surface area contributed by atoms with Crippen molar-refractivity contribution >= 4 is 28.3 Å². The highest BCUT2D eigenvalue weighted by atomic mass is 35.5. The second kappa shape index (κ2) is 3.83. The number of terminal acetylenes is 1. The van der Waals surface area contributed by atoms with Crippen molar-refractivity contribution in [2.45, 2.75) is 6.54 Å². The van der Waals surface area contributed by atoms with Gasteiger partial charge in [0.2, 0.25) is 5.28 Å². The van der Waals surface area contributed by atoms with E-state index in [9.17, 15) is 10.1 Å². The van der Waals surface area contributed by atoms with E-state index in [1.54, 1.807) is 10.6 Å². The maximum atomic E-state index is 10.6. The molecule has 16 heavy (non-hydrogen) atoms. The van der Waals surface area contributed by atoms with Crippen LogP contribution in [0.1, 0.15) is 0 Å². The third-order valence-corrected chi connectivity index (χ3v) is 2.43. The minimum absolute atomic E-state index is 0.0117. The van der Waals surface area contributed by atoms with Gasteiger partial charge in [-0.25, -0.2) is 4.98 Å². The van der Waals surface area contributed by atoms with Crippen LogP contribution < -0.4 is 0 Å². The fraction of sp³-hybridized carbons (Fsp3) is 0.100. The van der Waals surface area contributed by atoms with Gasteiger partial charge in [0.1, 0.15) is 0 Å². The second-order valence-electron chi connectivity index (χ2n) is 3.10. The molecule has 80 valence electrons. The Morgan fingerprint density at radius 1 is 1.62 bits per heavy atom. The highest BCUT2D eigenvalue weighted by molar-refractivity contribution is 6.29. The molecule has 0 saturated heterocycles. The number of hydrogen-bond donors (Lipinski definition) is 0. The molecular weight excluding hydrogens is 230 g/mol. The van der Waals surface area contributed by atoms with Crippen LogP contribution in [0.5, 0.6) is 0 Å². The van der Waals surface area contributed by atoms with E-state index in [0.717, 1.165) is 0 Å². The molecular formula is C10H6ClN3O2. The Hall–Kier alpha value is -2.06. The van der Waals surface area contributed by atoms with Crippen LogP contribution in [0.3, 0.4) is 0 Å². The molecule has 2 aromatic rings. The lowest BCUT2D eigenvalue weighted by molar-refractivity contribution is -0.384. The van der Waals surface area contributed by atoms with E-state index in [0.29, 0.717) is 11.0 Å². The largest absolute Gasteiger partial charge is 0.303 e. The molecule has 0 aliphatic carbocycles. The molecule has 0 saturated carbocycles. The number of nitro benzene ring substituents is 1. The molecule has 0 N–H and O–H groups in total. The molecule has 6 heteroatoms. The van der Waals surface area contributed by atoms with E-state index in [-0.39, 0.29) is 17.5 Å². The Bertz CT molecular complexity index is 612. The molecule has 2 rings (SSSR count). The van der Waals surface area contributed by atoms with Gasteiger partial charge < -0.3 is 4.57 Å². The first-order valence-corrected chi connectivity index (χ1v) is 4.75. The summed E-state index contributed by atoms with van der Waals surface area (Å²) < 4.78 is 1.55. The van der Waals surface area contributed by atoms with Crippen molar-refractivity contribution in [3.63, 3.8) is 0 Å². The van der Waals surface area contributed by atoms with Gasteiger partial charge in [0.25, 0.3) is 5.69 Å². The van der Waals surface area contributed by atoms with Gasteiger partial charge in [0.15, 0.2) is 0 Å². The van der Waals surface area contributed by atoms with Gasteiger partial charge in [0.05, 0.1) is 22.5 Å². The lowest BCUT2D eigenvalue weighted by Gasteiger charge is -1.99. The van der Waals surface area contributed by atoms with Crippen LogP contribution in [0.4, 0.5) is 5.69 Å². The minimum Gasteiger partial charge on any atom is -0.303 e. The lowest BCUT2D eigenvalue weighted by Crippen LogP contribution is -1.95. The SMILES string of the molecule is C#CCn1c(Cl)nc2ccc([N+](=O)[O-])cc21. The summed E-state index contributed by atoms with van der Waals surface area (Å²) in [5.74, 6) is 2.42. The number of halogens is 1. The first-order chi connectivity index (χ1) is 7.63. The van der Waals surface area contributed by atoms with Crippen molar-refractivity contribution in [1.29, 1.82) is 0 Å². The van der Waals surface area contributed by atoms with Crippen molar-refractivity contribution in [3.8, 4) is 12.3 Å². The summed E-state index contributed by atoms with van der Waals surface area (Å²) >= 11 is 5.86. The molecule has 0 unspecified atom stereocenters. The van der Waals surface area contributed by atoms with Crippen LogP contribution in [0.25, 0.3) is 11.0 Å².